The number of anilines is 2. The zero-order chi connectivity index (χ0) is 13.0. The molecule has 0 amide bonds. The lowest BCUT2D eigenvalue weighted by Crippen LogP contribution is -2.14. The number of benzene rings is 1. The average Bonchev–Trinajstić information content (AvgIpc) is 2.39. The molecule has 1 N–H and O–H groups in total. The van der Waals surface area contributed by atoms with Gasteiger partial charge in [0.2, 0.25) is 0 Å². The number of halogens is 1. The van der Waals surface area contributed by atoms with Crippen molar-refractivity contribution < 1.29 is 4.39 Å². The quantitative estimate of drug-likeness (QED) is 0.897. The van der Waals surface area contributed by atoms with Gasteiger partial charge in [0.05, 0.1) is 11.4 Å². The lowest BCUT2D eigenvalue weighted by Gasteiger charge is -2.19. The van der Waals surface area contributed by atoms with Crippen molar-refractivity contribution in [1.29, 1.82) is 0 Å². The van der Waals surface area contributed by atoms with Gasteiger partial charge in [-0.15, -0.1) is 0 Å². The summed E-state index contributed by atoms with van der Waals surface area (Å²) in [6.07, 6.45) is 0. The van der Waals surface area contributed by atoms with E-state index in [4.69, 9.17) is 0 Å². The minimum absolute atomic E-state index is 0.249. The van der Waals surface area contributed by atoms with Crippen LogP contribution in [-0.4, -0.2) is 19.1 Å². The highest BCUT2D eigenvalue weighted by Crippen LogP contribution is 2.24. The molecule has 1 heterocycles. The molecule has 0 saturated heterocycles. The summed E-state index contributed by atoms with van der Waals surface area (Å²) in [5.74, 6) is 0.480. The molecule has 4 heteroatoms. The molecule has 18 heavy (non-hydrogen) atoms. The number of pyridine rings is 1. The molecule has 0 unspecified atom stereocenters. The number of para-hydroxylation sites is 1. The summed E-state index contributed by atoms with van der Waals surface area (Å²) in [6.45, 7) is 0.693. The fraction of sp³-hybridized carbons (Fsp3) is 0.214. The Kier molecular flexibility index (Phi) is 3.89. The van der Waals surface area contributed by atoms with E-state index in [9.17, 15) is 4.39 Å². The normalized spacial score (nSPS) is 10.4. The number of aromatic nitrogens is 1. The third kappa shape index (κ3) is 2.65. The number of nitrogens with one attached hydrogen (secondary N) is 1. The van der Waals surface area contributed by atoms with Crippen molar-refractivity contribution in [2.45, 2.75) is 6.54 Å². The predicted octanol–water partition coefficient (Wildman–Crippen LogP) is 2.71. The Balaban J connectivity index is 2.31. The lowest BCUT2D eigenvalue weighted by molar-refractivity contribution is 0.627. The minimum Gasteiger partial charge on any atom is -0.327 e. The van der Waals surface area contributed by atoms with Gasteiger partial charge in [0, 0.05) is 13.6 Å². The Morgan fingerprint density at radius 1 is 1.17 bits per heavy atom. The SMILES string of the molecule is CNCc1cccc(N(C)c2ccccc2F)n1. The second-order valence-electron chi connectivity index (χ2n) is 4.03. The van der Waals surface area contributed by atoms with Crippen LogP contribution in [0.5, 0.6) is 0 Å². The zero-order valence-corrected chi connectivity index (χ0v) is 10.5. The molecule has 1 aromatic carbocycles. The molecular weight excluding hydrogens is 229 g/mol. The summed E-state index contributed by atoms with van der Waals surface area (Å²) < 4.78 is 13.7. The van der Waals surface area contributed by atoms with E-state index < -0.39 is 0 Å². The van der Waals surface area contributed by atoms with Gasteiger partial charge >= 0.3 is 0 Å². The first-order valence-corrected chi connectivity index (χ1v) is 5.81. The first kappa shape index (κ1) is 12.5. The monoisotopic (exact) mass is 245 g/mol. The van der Waals surface area contributed by atoms with Crippen LogP contribution in [0.1, 0.15) is 5.69 Å². The van der Waals surface area contributed by atoms with Crippen LogP contribution in [-0.2, 0) is 6.54 Å². The van der Waals surface area contributed by atoms with E-state index in [1.165, 1.54) is 6.07 Å². The predicted molar refractivity (Wildman–Crippen MR) is 71.5 cm³/mol. The molecule has 1 aromatic heterocycles. The summed E-state index contributed by atoms with van der Waals surface area (Å²) in [7, 11) is 3.68. The number of nitrogens with zero attached hydrogens (tertiary/aromatic N) is 2. The van der Waals surface area contributed by atoms with Crippen molar-refractivity contribution in [2.75, 3.05) is 19.0 Å². The van der Waals surface area contributed by atoms with Crippen molar-refractivity contribution in [2.24, 2.45) is 0 Å². The van der Waals surface area contributed by atoms with Crippen molar-refractivity contribution in [3.63, 3.8) is 0 Å². The second kappa shape index (κ2) is 5.60. The van der Waals surface area contributed by atoms with Crippen LogP contribution >= 0.6 is 0 Å². The maximum absolute atomic E-state index is 13.7. The van der Waals surface area contributed by atoms with Crippen LogP contribution in [0.3, 0.4) is 0 Å². The molecule has 3 nitrogen and oxygen atoms in total. The van der Waals surface area contributed by atoms with Gasteiger partial charge in [-0.3, -0.25) is 0 Å². The number of rotatable bonds is 4. The highest BCUT2D eigenvalue weighted by Gasteiger charge is 2.09. The molecule has 0 spiro atoms. The molecule has 2 aromatic rings. The largest absolute Gasteiger partial charge is 0.327 e. The van der Waals surface area contributed by atoms with E-state index in [0.717, 1.165) is 11.5 Å². The van der Waals surface area contributed by atoms with E-state index >= 15 is 0 Å². The fourth-order valence-corrected chi connectivity index (χ4v) is 1.78. The molecule has 0 bridgehead atoms. The minimum atomic E-state index is -0.249. The Morgan fingerprint density at radius 3 is 2.67 bits per heavy atom. The van der Waals surface area contributed by atoms with E-state index in [2.05, 4.69) is 10.3 Å². The second-order valence-corrected chi connectivity index (χ2v) is 4.03. The molecule has 0 atom stereocenters. The molecule has 0 aliphatic heterocycles. The smallest absolute Gasteiger partial charge is 0.146 e. The van der Waals surface area contributed by atoms with Gasteiger partial charge in [-0.25, -0.2) is 9.37 Å². The topological polar surface area (TPSA) is 28.2 Å². The highest BCUT2D eigenvalue weighted by molar-refractivity contribution is 5.59. The van der Waals surface area contributed by atoms with Crippen LogP contribution in [0.15, 0.2) is 42.5 Å². The zero-order valence-electron chi connectivity index (χ0n) is 10.5. The number of hydrogen-bond donors (Lipinski definition) is 1. The molecule has 0 saturated carbocycles. The summed E-state index contributed by atoms with van der Waals surface area (Å²) in [6, 6.07) is 12.4. The maximum Gasteiger partial charge on any atom is 0.146 e. The average molecular weight is 245 g/mol. The van der Waals surface area contributed by atoms with Gasteiger partial charge in [-0.1, -0.05) is 18.2 Å². The first-order valence-electron chi connectivity index (χ1n) is 5.81. The van der Waals surface area contributed by atoms with Gasteiger partial charge in [0.15, 0.2) is 0 Å². The van der Waals surface area contributed by atoms with Crippen LogP contribution in [0.2, 0.25) is 0 Å². The molecule has 0 aliphatic carbocycles. The molecule has 0 radical (unpaired) electrons. The van der Waals surface area contributed by atoms with E-state index in [-0.39, 0.29) is 5.82 Å². The number of hydrogen-bond acceptors (Lipinski definition) is 3. The summed E-state index contributed by atoms with van der Waals surface area (Å²) >= 11 is 0. The third-order valence-electron chi connectivity index (χ3n) is 2.71. The van der Waals surface area contributed by atoms with Crippen LogP contribution in [0.25, 0.3) is 0 Å². The lowest BCUT2D eigenvalue weighted by atomic mass is 10.2. The van der Waals surface area contributed by atoms with Gasteiger partial charge in [-0.05, 0) is 31.3 Å². The maximum atomic E-state index is 13.7. The van der Waals surface area contributed by atoms with Gasteiger partial charge in [0.1, 0.15) is 11.6 Å². The summed E-state index contributed by atoms with van der Waals surface area (Å²) in [4.78, 5) is 6.22. The Bertz CT molecular complexity index is 528. The van der Waals surface area contributed by atoms with Gasteiger partial charge < -0.3 is 10.2 Å². The molecule has 0 aliphatic rings. The van der Waals surface area contributed by atoms with E-state index in [1.54, 1.807) is 17.0 Å². The summed E-state index contributed by atoms with van der Waals surface area (Å²) in [5, 5.41) is 3.05. The molecule has 0 fully saturated rings. The van der Waals surface area contributed by atoms with Crippen LogP contribution in [0, 0.1) is 5.82 Å². The Hall–Kier alpha value is -1.94. The highest BCUT2D eigenvalue weighted by atomic mass is 19.1. The third-order valence-corrected chi connectivity index (χ3v) is 2.71. The van der Waals surface area contributed by atoms with Crippen molar-refractivity contribution in [3.8, 4) is 0 Å². The van der Waals surface area contributed by atoms with Crippen LogP contribution in [0.4, 0.5) is 15.9 Å². The Labute approximate surface area is 106 Å². The van der Waals surface area contributed by atoms with Crippen molar-refractivity contribution in [3.05, 3.63) is 54.0 Å². The standard InChI is InChI=1S/C14H16FN3/c1-16-10-11-6-5-9-14(17-11)18(2)13-8-4-3-7-12(13)15/h3-9,16H,10H2,1-2H3. The molecular formula is C14H16FN3. The fourth-order valence-electron chi connectivity index (χ4n) is 1.78. The van der Waals surface area contributed by atoms with Crippen molar-refractivity contribution in [1.82, 2.24) is 10.3 Å². The van der Waals surface area contributed by atoms with E-state index in [0.29, 0.717) is 12.2 Å². The molecule has 2 rings (SSSR count). The van der Waals surface area contributed by atoms with Gasteiger partial charge in [-0.2, -0.15) is 0 Å². The Morgan fingerprint density at radius 2 is 1.94 bits per heavy atom. The van der Waals surface area contributed by atoms with Crippen molar-refractivity contribution >= 4 is 11.5 Å². The van der Waals surface area contributed by atoms with E-state index in [1.807, 2.05) is 38.4 Å². The summed E-state index contributed by atoms with van der Waals surface area (Å²) in [5.41, 5.74) is 1.45. The van der Waals surface area contributed by atoms with Crippen LogP contribution < -0.4 is 10.2 Å². The van der Waals surface area contributed by atoms with Gasteiger partial charge in [0.25, 0.3) is 0 Å². The first-order chi connectivity index (χ1) is 8.72. The molecule has 94 valence electrons.